The standard InChI is InChI=1S/C14H16ClF3N2OS/c1-2-5-20-12-4-3-10(15)8-11(12)19-13(20)22-7-6-21-9-14(16,17)18/h3-4,8H,2,5-7,9H2,1H3. The van der Waals surface area contributed by atoms with Crippen LogP contribution in [0.4, 0.5) is 13.2 Å². The summed E-state index contributed by atoms with van der Waals surface area (Å²) in [5, 5.41) is 1.38. The van der Waals surface area contributed by atoms with Gasteiger partial charge < -0.3 is 9.30 Å². The molecule has 22 heavy (non-hydrogen) atoms. The summed E-state index contributed by atoms with van der Waals surface area (Å²) in [6, 6.07) is 5.50. The van der Waals surface area contributed by atoms with Gasteiger partial charge in [-0.15, -0.1) is 0 Å². The predicted octanol–water partition coefficient (Wildman–Crippen LogP) is 4.77. The lowest BCUT2D eigenvalue weighted by Gasteiger charge is -2.09. The van der Waals surface area contributed by atoms with Crippen molar-refractivity contribution in [3.63, 3.8) is 0 Å². The molecule has 2 aromatic rings. The van der Waals surface area contributed by atoms with E-state index in [4.69, 9.17) is 11.6 Å². The molecule has 0 amide bonds. The fourth-order valence-corrected chi connectivity index (χ4v) is 3.07. The van der Waals surface area contributed by atoms with Crippen LogP contribution in [0.25, 0.3) is 11.0 Å². The predicted molar refractivity (Wildman–Crippen MR) is 82.6 cm³/mol. The van der Waals surface area contributed by atoms with Crippen LogP contribution in [0.5, 0.6) is 0 Å². The maximum Gasteiger partial charge on any atom is 0.411 e. The Bertz CT molecular complexity index is 630. The van der Waals surface area contributed by atoms with Gasteiger partial charge in [-0.2, -0.15) is 13.2 Å². The van der Waals surface area contributed by atoms with Gasteiger partial charge in [0.1, 0.15) is 6.61 Å². The molecular weight excluding hydrogens is 337 g/mol. The zero-order valence-electron chi connectivity index (χ0n) is 12.0. The highest BCUT2D eigenvalue weighted by Gasteiger charge is 2.27. The molecule has 0 radical (unpaired) electrons. The van der Waals surface area contributed by atoms with Crippen LogP contribution in [-0.4, -0.2) is 34.7 Å². The summed E-state index contributed by atoms with van der Waals surface area (Å²) in [6.45, 7) is 1.67. The molecule has 0 aliphatic heterocycles. The highest BCUT2D eigenvalue weighted by atomic mass is 35.5. The minimum Gasteiger partial charge on any atom is -0.371 e. The molecule has 0 bridgehead atoms. The van der Waals surface area contributed by atoms with Gasteiger partial charge in [-0.25, -0.2) is 4.98 Å². The Hall–Kier alpha value is -0.920. The number of benzene rings is 1. The van der Waals surface area contributed by atoms with E-state index in [1.807, 2.05) is 6.07 Å². The maximum atomic E-state index is 12.0. The van der Waals surface area contributed by atoms with Gasteiger partial charge in [-0.05, 0) is 24.6 Å². The molecule has 0 atom stereocenters. The number of fused-ring (bicyclic) bond motifs is 1. The molecule has 0 fully saturated rings. The first-order valence-electron chi connectivity index (χ1n) is 6.84. The second kappa shape index (κ2) is 7.57. The molecule has 0 saturated heterocycles. The van der Waals surface area contributed by atoms with Gasteiger partial charge in [0.2, 0.25) is 0 Å². The quantitative estimate of drug-likeness (QED) is 0.530. The number of alkyl halides is 3. The first-order valence-corrected chi connectivity index (χ1v) is 8.20. The number of aromatic nitrogens is 2. The molecule has 0 saturated carbocycles. The molecule has 122 valence electrons. The normalized spacial score (nSPS) is 12.2. The van der Waals surface area contributed by atoms with Crippen molar-refractivity contribution < 1.29 is 17.9 Å². The van der Waals surface area contributed by atoms with E-state index in [9.17, 15) is 13.2 Å². The number of aryl methyl sites for hydroxylation is 1. The molecule has 1 aromatic heterocycles. The van der Waals surface area contributed by atoms with E-state index in [0.717, 1.165) is 29.2 Å². The second-order valence-electron chi connectivity index (χ2n) is 4.70. The third-order valence-corrected chi connectivity index (χ3v) is 4.02. The van der Waals surface area contributed by atoms with E-state index < -0.39 is 12.8 Å². The minimum absolute atomic E-state index is 0.0280. The fraction of sp³-hybridized carbons (Fsp3) is 0.500. The smallest absolute Gasteiger partial charge is 0.371 e. The Balaban J connectivity index is 2.02. The number of thioether (sulfide) groups is 1. The molecule has 2 rings (SSSR count). The van der Waals surface area contributed by atoms with Crippen LogP contribution in [0, 0.1) is 0 Å². The van der Waals surface area contributed by atoms with E-state index in [-0.39, 0.29) is 6.61 Å². The fourth-order valence-electron chi connectivity index (χ4n) is 2.01. The molecular formula is C14H16ClF3N2OS. The Morgan fingerprint density at radius 2 is 2.14 bits per heavy atom. The Morgan fingerprint density at radius 1 is 1.36 bits per heavy atom. The van der Waals surface area contributed by atoms with Gasteiger partial charge in [0.05, 0.1) is 17.6 Å². The van der Waals surface area contributed by atoms with Gasteiger partial charge in [0.25, 0.3) is 0 Å². The molecule has 0 spiro atoms. The zero-order valence-corrected chi connectivity index (χ0v) is 13.6. The Morgan fingerprint density at radius 3 is 2.82 bits per heavy atom. The zero-order chi connectivity index (χ0) is 16.2. The average Bonchev–Trinajstić information content (AvgIpc) is 2.75. The lowest BCUT2D eigenvalue weighted by atomic mass is 10.3. The molecule has 1 heterocycles. The highest BCUT2D eigenvalue weighted by Crippen LogP contribution is 2.26. The number of halogens is 4. The lowest BCUT2D eigenvalue weighted by molar-refractivity contribution is -0.172. The highest BCUT2D eigenvalue weighted by molar-refractivity contribution is 7.99. The third-order valence-electron chi connectivity index (χ3n) is 2.85. The molecule has 0 N–H and O–H groups in total. The first kappa shape index (κ1) is 17.4. The molecule has 1 aromatic carbocycles. The minimum atomic E-state index is -4.28. The summed E-state index contributed by atoms with van der Waals surface area (Å²) in [7, 11) is 0. The van der Waals surface area contributed by atoms with Crippen LogP contribution in [0.3, 0.4) is 0 Å². The van der Waals surface area contributed by atoms with Crippen molar-refractivity contribution in [2.24, 2.45) is 0 Å². The maximum absolute atomic E-state index is 12.0. The summed E-state index contributed by atoms with van der Waals surface area (Å²) in [6.07, 6.45) is -3.34. The van der Waals surface area contributed by atoms with Crippen LogP contribution in [0.1, 0.15) is 13.3 Å². The topological polar surface area (TPSA) is 27.1 Å². The summed E-state index contributed by atoms with van der Waals surface area (Å²) in [5.74, 6) is 0.414. The van der Waals surface area contributed by atoms with Gasteiger partial charge in [-0.1, -0.05) is 30.3 Å². The lowest BCUT2D eigenvalue weighted by Crippen LogP contribution is -2.18. The number of rotatable bonds is 7. The third kappa shape index (κ3) is 4.79. The average molecular weight is 353 g/mol. The van der Waals surface area contributed by atoms with Crippen LogP contribution in [-0.2, 0) is 11.3 Å². The van der Waals surface area contributed by atoms with Crippen molar-refractivity contribution in [2.45, 2.75) is 31.2 Å². The van der Waals surface area contributed by atoms with Crippen molar-refractivity contribution in [3.05, 3.63) is 23.2 Å². The number of ether oxygens (including phenoxy) is 1. The van der Waals surface area contributed by atoms with Crippen LogP contribution in [0.2, 0.25) is 5.02 Å². The van der Waals surface area contributed by atoms with Crippen LogP contribution < -0.4 is 0 Å². The SMILES string of the molecule is CCCn1c(SCCOCC(F)(F)F)nc2cc(Cl)ccc21. The van der Waals surface area contributed by atoms with E-state index in [0.29, 0.717) is 10.8 Å². The van der Waals surface area contributed by atoms with Crippen molar-refractivity contribution in [1.82, 2.24) is 9.55 Å². The summed E-state index contributed by atoms with van der Waals surface area (Å²) in [5.41, 5.74) is 1.77. The Kier molecular flexibility index (Phi) is 6.00. The summed E-state index contributed by atoms with van der Waals surface area (Å²) in [4.78, 5) is 4.50. The van der Waals surface area contributed by atoms with Crippen molar-refractivity contribution in [1.29, 1.82) is 0 Å². The van der Waals surface area contributed by atoms with Crippen LogP contribution >= 0.6 is 23.4 Å². The van der Waals surface area contributed by atoms with Gasteiger partial charge in [0, 0.05) is 17.3 Å². The van der Waals surface area contributed by atoms with Crippen LogP contribution in [0.15, 0.2) is 23.4 Å². The molecule has 3 nitrogen and oxygen atoms in total. The monoisotopic (exact) mass is 352 g/mol. The van der Waals surface area contributed by atoms with Gasteiger partial charge in [-0.3, -0.25) is 0 Å². The molecule has 0 aliphatic carbocycles. The summed E-state index contributed by atoms with van der Waals surface area (Å²) < 4.78 is 42.6. The van der Waals surface area contributed by atoms with E-state index in [1.165, 1.54) is 11.8 Å². The van der Waals surface area contributed by atoms with E-state index >= 15 is 0 Å². The van der Waals surface area contributed by atoms with E-state index in [1.54, 1.807) is 12.1 Å². The van der Waals surface area contributed by atoms with Crippen molar-refractivity contribution in [3.8, 4) is 0 Å². The number of hydrogen-bond donors (Lipinski definition) is 0. The number of imidazole rings is 1. The van der Waals surface area contributed by atoms with E-state index in [2.05, 4.69) is 21.2 Å². The second-order valence-corrected chi connectivity index (χ2v) is 6.19. The van der Waals surface area contributed by atoms with Gasteiger partial charge in [0.15, 0.2) is 5.16 Å². The number of hydrogen-bond acceptors (Lipinski definition) is 3. The molecule has 0 aliphatic rings. The molecule has 8 heteroatoms. The number of nitrogens with zero attached hydrogens (tertiary/aromatic N) is 2. The Labute approximate surface area is 135 Å². The summed E-state index contributed by atoms with van der Waals surface area (Å²) >= 11 is 7.35. The van der Waals surface area contributed by atoms with Gasteiger partial charge >= 0.3 is 6.18 Å². The largest absolute Gasteiger partial charge is 0.411 e. The first-order chi connectivity index (χ1) is 10.4. The van der Waals surface area contributed by atoms with Crippen molar-refractivity contribution in [2.75, 3.05) is 19.0 Å². The van der Waals surface area contributed by atoms with Crippen molar-refractivity contribution >= 4 is 34.4 Å². The molecule has 0 unspecified atom stereocenters.